The van der Waals surface area contributed by atoms with Gasteiger partial charge in [0.25, 0.3) is 0 Å². The second-order valence-electron chi connectivity index (χ2n) is 5.13. The summed E-state index contributed by atoms with van der Waals surface area (Å²) >= 11 is 12.5. The van der Waals surface area contributed by atoms with Crippen molar-refractivity contribution in [3.8, 4) is 0 Å². The topological polar surface area (TPSA) is 57.5 Å². The van der Waals surface area contributed by atoms with Crippen LogP contribution in [0.3, 0.4) is 0 Å². The van der Waals surface area contributed by atoms with Crippen LogP contribution in [0.1, 0.15) is 17.0 Å². The summed E-state index contributed by atoms with van der Waals surface area (Å²) in [6.45, 7) is 3.14. The summed E-state index contributed by atoms with van der Waals surface area (Å²) in [5.41, 5.74) is 0.176. The monoisotopic (exact) mass is 335 g/mol. The lowest BCUT2D eigenvalue weighted by Crippen LogP contribution is -2.44. The zero-order valence-corrected chi connectivity index (χ0v) is 13.5. The van der Waals surface area contributed by atoms with Gasteiger partial charge in [-0.15, -0.1) is 0 Å². The van der Waals surface area contributed by atoms with E-state index in [2.05, 4.69) is 15.3 Å². The molecule has 0 radical (unpaired) electrons. The van der Waals surface area contributed by atoms with Crippen molar-refractivity contribution >= 4 is 29.0 Å². The van der Waals surface area contributed by atoms with Crippen LogP contribution in [0.2, 0.25) is 10.0 Å². The molecule has 1 aromatic heterocycles. The fourth-order valence-corrected chi connectivity index (χ4v) is 2.99. The van der Waals surface area contributed by atoms with E-state index in [1.54, 1.807) is 24.3 Å². The van der Waals surface area contributed by atoms with Crippen molar-refractivity contribution in [2.75, 3.05) is 13.1 Å². The first-order valence-electron chi connectivity index (χ1n) is 6.93. The molecule has 3 rings (SSSR count). The van der Waals surface area contributed by atoms with E-state index in [1.165, 1.54) is 0 Å². The second-order valence-corrected chi connectivity index (χ2v) is 5.92. The molecule has 2 heterocycles. The van der Waals surface area contributed by atoms with Crippen LogP contribution >= 0.6 is 23.2 Å². The molecule has 0 spiro atoms. The lowest BCUT2D eigenvalue weighted by Gasteiger charge is -2.29. The van der Waals surface area contributed by atoms with E-state index in [4.69, 9.17) is 23.2 Å². The molecule has 2 N–H and O–H groups in total. The van der Waals surface area contributed by atoms with Crippen LogP contribution in [0.25, 0.3) is 0 Å². The average molecular weight is 336 g/mol. The Labute approximate surface area is 138 Å². The molecule has 0 bridgehead atoms. The summed E-state index contributed by atoms with van der Waals surface area (Å²) in [7, 11) is 0. The lowest BCUT2D eigenvalue weighted by molar-refractivity contribution is 0.147. The Bertz CT molecular complexity index is 748. The van der Waals surface area contributed by atoms with Gasteiger partial charge in [-0.3, -0.25) is 9.98 Å². The predicted octanol–water partition coefficient (Wildman–Crippen LogP) is 2.93. The number of aliphatic hydroxyl groups is 1. The second kappa shape index (κ2) is 5.88. The molecule has 0 saturated heterocycles. The molecule has 1 aliphatic heterocycles. The molecule has 0 amide bonds. The smallest absolute Gasteiger partial charge is 0.190 e. The molecule has 0 fully saturated rings. The van der Waals surface area contributed by atoms with Gasteiger partial charge in [-0.25, -0.2) is 0 Å². The number of pyridine rings is 1. The Balaban J connectivity index is 2.26. The number of hydrogen-bond donors (Lipinski definition) is 2. The van der Waals surface area contributed by atoms with E-state index in [-0.39, 0.29) is 0 Å². The first kappa shape index (κ1) is 15.3. The Morgan fingerprint density at radius 3 is 2.64 bits per heavy atom. The number of nitrogens with one attached hydrogen (secondary N) is 1. The summed E-state index contributed by atoms with van der Waals surface area (Å²) < 4.78 is 0. The SMILES string of the molecule is Cc1cccc(C(O)(C2=NCCN2)c2cccc(Cl)c2Cl)n1. The van der Waals surface area contributed by atoms with Crippen molar-refractivity contribution in [3.63, 3.8) is 0 Å². The van der Waals surface area contributed by atoms with Gasteiger partial charge in [0.05, 0.1) is 22.3 Å². The van der Waals surface area contributed by atoms with E-state index < -0.39 is 5.60 Å². The third kappa shape index (κ3) is 2.47. The van der Waals surface area contributed by atoms with E-state index in [9.17, 15) is 5.11 Å². The molecule has 6 heteroatoms. The molecular formula is C16H15Cl2N3O. The van der Waals surface area contributed by atoms with Gasteiger partial charge in [-0.1, -0.05) is 41.4 Å². The highest BCUT2D eigenvalue weighted by Crippen LogP contribution is 2.38. The van der Waals surface area contributed by atoms with Crippen LogP contribution in [-0.4, -0.2) is 29.0 Å². The number of aromatic nitrogens is 1. The zero-order valence-electron chi connectivity index (χ0n) is 12.0. The highest BCUT2D eigenvalue weighted by atomic mass is 35.5. The number of nitrogens with zero attached hydrogens (tertiary/aromatic N) is 2. The number of rotatable bonds is 3. The third-order valence-corrected chi connectivity index (χ3v) is 4.44. The largest absolute Gasteiger partial charge is 0.372 e. The van der Waals surface area contributed by atoms with Gasteiger partial charge in [-0.2, -0.15) is 0 Å². The maximum Gasteiger partial charge on any atom is 0.190 e. The van der Waals surface area contributed by atoms with Crippen LogP contribution in [0, 0.1) is 6.92 Å². The van der Waals surface area contributed by atoms with E-state index >= 15 is 0 Å². The Hall–Kier alpha value is -1.62. The normalized spacial score (nSPS) is 16.8. The summed E-state index contributed by atoms with van der Waals surface area (Å²) in [6, 6.07) is 10.6. The number of halogens is 2. The molecule has 0 saturated carbocycles. The van der Waals surface area contributed by atoms with Crippen molar-refractivity contribution < 1.29 is 5.11 Å². The Morgan fingerprint density at radius 1 is 1.18 bits per heavy atom. The van der Waals surface area contributed by atoms with Crippen molar-refractivity contribution in [2.45, 2.75) is 12.5 Å². The first-order valence-corrected chi connectivity index (χ1v) is 7.69. The molecule has 114 valence electrons. The molecule has 22 heavy (non-hydrogen) atoms. The highest BCUT2D eigenvalue weighted by Gasteiger charge is 2.42. The lowest BCUT2D eigenvalue weighted by atomic mass is 9.88. The summed E-state index contributed by atoms with van der Waals surface area (Å²) in [4.78, 5) is 8.84. The third-order valence-electron chi connectivity index (χ3n) is 3.62. The quantitative estimate of drug-likeness (QED) is 0.906. The molecule has 1 atom stereocenters. The first-order chi connectivity index (χ1) is 10.5. The molecule has 2 aromatic rings. The van der Waals surface area contributed by atoms with Gasteiger partial charge in [0.1, 0.15) is 5.84 Å². The molecule has 4 nitrogen and oxygen atoms in total. The van der Waals surface area contributed by atoms with E-state index in [0.717, 1.165) is 5.69 Å². The van der Waals surface area contributed by atoms with Crippen LogP contribution < -0.4 is 5.32 Å². The maximum absolute atomic E-state index is 11.5. The van der Waals surface area contributed by atoms with Gasteiger partial charge >= 0.3 is 0 Å². The summed E-state index contributed by atoms with van der Waals surface area (Å²) in [5, 5.41) is 15.3. The van der Waals surface area contributed by atoms with Crippen molar-refractivity contribution in [3.05, 3.63) is 63.4 Å². The number of hydrogen-bond acceptors (Lipinski definition) is 4. The van der Waals surface area contributed by atoms with Gasteiger partial charge in [0, 0.05) is 17.8 Å². The molecule has 1 unspecified atom stereocenters. The number of amidine groups is 1. The van der Waals surface area contributed by atoms with E-state index in [0.29, 0.717) is 40.2 Å². The molecule has 1 aliphatic rings. The van der Waals surface area contributed by atoms with Crippen molar-refractivity contribution in [1.29, 1.82) is 0 Å². The maximum atomic E-state index is 11.5. The number of aliphatic imine (C=N–C) groups is 1. The van der Waals surface area contributed by atoms with E-state index in [1.807, 2.05) is 19.1 Å². The number of benzene rings is 1. The van der Waals surface area contributed by atoms with Gasteiger partial charge < -0.3 is 10.4 Å². The number of aryl methyl sites for hydroxylation is 1. The fourth-order valence-electron chi connectivity index (χ4n) is 2.55. The Morgan fingerprint density at radius 2 is 1.95 bits per heavy atom. The molecule has 1 aromatic carbocycles. The van der Waals surface area contributed by atoms with Crippen LogP contribution in [0.4, 0.5) is 0 Å². The van der Waals surface area contributed by atoms with Crippen LogP contribution in [0.5, 0.6) is 0 Å². The van der Waals surface area contributed by atoms with Gasteiger partial charge in [-0.05, 0) is 25.1 Å². The predicted molar refractivity (Wildman–Crippen MR) is 88.7 cm³/mol. The summed E-state index contributed by atoms with van der Waals surface area (Å²) in [5.74, 6) is 0.440. The fraction of sp³-hybridized carbons (Fsp3) is 0.250. The minimum absolute atomic E-state index is 0.298. The molecule has 0 aliphatic carbocycles. The van der Waals surface area contributed by atoms with Crippen molar-refractivity contribution in [2.24, 2.45) is 4.99 Å². The molecular weight excluding hydrogens is 321 g/mol. The van der Waals surface area contributed by atoms with Gasteiger partial charge in [0.2, 0.25) is 0 Å². The van der Waals surface area contributed by atoms with Crippen molar-refractivity contribution in [1.82, 2.24) is 10.3 Å². The van der Waals surface area contributed by atoms with Gasteiger partial charge in [0.15, 0.2) is 5.60 Å². The Kier molecular flexibility index (Phi) is 4.08. The minimum Gasteiger partial charge on any atom is -0.372 e. The average Bonchev–Trinajstić information content (AvgIpc) is 3.04. The van der Waals surface area contributed by atoms with Crippen LogP contribution in [0.15, 0.2) is 41.4 Å². The highest BCUT2D eigenvalue weighted by molar-refractivity contribution is 6.42. The summed E-state index contributed by atoms with van der Waals surface area (Å²) in [6.07, 6.45) is 0. The minimum atomic E-state index is -1.55. The zero-order chi connectivity index (χ0) is 15.7. The van der Waals surface area contributed by atoms with Crippen LogP contribution in [-0.2, 0) is 5.60 Å². The standard InChI is InChI=1S/C16H15Cl2N3O/c1-10-4-2-7-13(21-10)16(22,15-19-8-9-20-15)11-5-3-6-12(17)14(11)18/h2-7,22H,8-9H2,1H3,(H,19,20).